The average molecular weight is 132 g/mol. The predicted molar refractivity (Wildman–Crippen MR) is 38.2 cm³/mol. The molecule has 0 radical (unpaired) electrons. The second-order valence-corrected chi connectivity index (χ2v) is 2.52. The van der Waals surface area contributed by atoms with Gasteiger partial charge in [-0.25, -0.2) is 0 Å². The van der Waals surface area contributed by atoms with Gasteiger partial charge in [0.1, 0.15) is 6.29 Å². The lowest BCUT2D eigenvalue weighted by atomic mass is 10.0. The van der Waals surface area contributed by atoms with Crippen LogP contribution in [0.1, 0.15) is 13.8 Å². The van der Waals surface area contributed by atoms with Gasteiger partial charge < -0.3 is 4.79 Å². The molecule has 0 aliphatic heterocycles. The molecule has 0 aromatic rings. The van der Waals surface area contributed by atoms with E-state index in [2.05, 4.69) is 12.6 Å². The van der Waals surface area contributed by atoms with Crippen molar-refractivity contribution in [1.82, 2.24) is 0 Å². The minimum atomic E-state index is 0.160. The van der Waals surface area contributed by atoms with Crippen LogP contribution in [-0.2, 0) is 4.79 Å². The first kappa shape index (κ1) is 8.02. The fraction of sp³-hybridized carbons (Fsp3) is 0.833. The van der Waals surface area contributed by atoms with Gasteiger partial charge in [-0.2, -0.15) is 12.6 Å². The summed E-state index contributed by atoms with van der Waals surface area (Å²) in [6.07, 6.45) is 0.973. The maximum atomic E-state index is 10.1. The summed E-state index contributed by atoms with van der Waals surface area (Å²) in [5, 5.41) is 0. The van der Waals surface area contributed by atoms with Crippen molar-refractivity contribution in [3.05, 3.63) is 0 Å². The van der Waals surface area contributed by atoms with Crippen molar-refractivity contribution >= 4 is 18.9 Å². The first-order valence-electron chi connectivity index (χ1n) is 2.78. The monoisotopic (exact) mass is 132 g/mol. The van der Waals surface area contributed by atoms with E-state index in [1.807, 2.05) is 13.8 Å². The first-order valence-corrected chi connectivity index (χ1v) is 3.41. The highest BCUT2D eigenvalue weighted by molar-refractivity contribution is 7.80. The Balaban J connectivity index is 3.44. The summed E-state index contributed by atoms with van der Waals surface area (Å²) in [5.41, 5.74) is 0. The molecule has 0 aromatic heterocycles. The predicted octanol–water partition coefficient (Wildman–Crippen LogP) is 1.39. The van der Waals surface area contributed by atoms with Crippen LogP contribution < -0.4 is 0 Å². The molecule has 0 bridgehead atoms. The van der Waals surface area contributed by atoms with Crippen molar-refractivity contribution in [2.45, 2.75) is 13.8 Å². The summed E-state index contributed by atoms with van der Waals surface area (Å²) in [5.74, 6) is 1.36. The highest BCUT2D eigenvalue weighted by Crippen LogP contribution is 2.08. The zero-order valence-electron chi connectivity index (χ0n) is 5.29. The topological polar surface area (TPSA) is 17.1 Å². The van der Waals surface area contributed by atoms with E-state index in [1.165, 1.54) is 0 Å². The van der Waals surface area contributed by atoms with Crippen LogP contribution in [0, 0.1) is 11.8 Å². The lowest BCUT2D eigenvalue weighted by Crippen LogP contribution is -2.09. The molecule has 0 rings (SSSR count). The Bertz CT molecular complexity index is 72.9. The molecule has 0 aromatic carbocycles. The molecule has 0 N–H and O–H groups in total. The highest BCUT2D eigenvalue weighted by atomic mass is 32.1. The third-order valence-electron chi connectivity index (χ3n) is 1.40. The lowest BCUT2D eigenvalue weighted by molar-refractivity contribution is -0.111. The van der Waals surface area contributed by atoms with Crippen molar-refractivity contribution < 1.29 is 4.79 Å². The number of aldehydes is 1. The standard InChI is InChI=1S/C6H12OS/c1-5(3-7)6(2)4-8/h3,5-6,8H,4H2,1-2H3. The normalized spacial score (nSPS) is 17.4. The SMILES string of the molecule is CC(C=O)C(C)CS. The van der Waals surface area contributed by atoms with E-state index in [9.17, 15) is 4.79 Å². The molecule has 0 aliphatic rings. The maximum Gasteiger partial charge on any atom is 0.123 e. The van der Waals surface area contributed by atoms with Crippen LogP contribution >= 0.6 is 12.6 Å². The Morgan fingerprint density at radius 3 is 2.25 bits per heavy atom. The van der Waals surface area contributed by atoms with Crippen molar-refractivity contribution in [2.24, 2.45) is 11.8 Å². The van der Waals surface area contributed by atoms with E-state index in [-0.39, 0.29) is 5.92 Å². The molecule has 48 valence electrons. The molecule has 0 spiro atoms. The molecule has 0 amide bonds. The van der Waals surface area contributed by atoms with Crippen LogP contribution in [0.5, 0.6) is 0 Å². The molecular weight excluding hydrogens is 120 g/mol. The van der Waals surface area contributed by atoms with Crippen molar-refractivity contribution in [1.29, 1.82) is 0 Å². The summed E-state index contributed by atoms with van der Waals surface area (Å²) < 4.78 is 0. The Kier molecular flexibility index (Phi) is 3.97. The van der Waals surface area contributed by atoms with E-state index in [0.29, 0.717) is 5.92 Å². The molecular formula is C6H12OS. The van der Waals surface area contributed by atoms with E-state index in [4.69, 9.17) is 0 Å². The quantitative estimate of drug-likeness (QED) is 0.453. The third kappa shape index (κ3) is 2.36. The summed E-state index contributed by atoms with van der Waals surface area (Å²) in [6.45, 7) is 3.93. The van der Waals surface area contributed by atoms with Gasteiger partial charge in [0.25, 0.3) is 0 Å². The summed E-state index contributed by atoms with van der Waals surface area (Å²) in [7, 11) is 0. The van der Waals surface area contributed by atoms with Crippen molar-refractivity contribution in [2.75, 3.05) is 5.75 Å². The van der Waals surface area contributed by atoms with E-state index < -0.39 is 0 Å². The molecule has 2 atom stereocenters. The van der Waals surface area contributed by atoms with Gasteiger partial charge >= 0.3 is 0 Å². The largest absolute Gasteiger partial charge is 0.303 e. The van der Waals surface area contributed by atoms with Crippen molar-refractivity contribution in [3.8, 4) is 0 Å². The van der Waals surface area contributed by atoms with Crippen LogP contribution in [0.2, 0.25) is 0 Å². The second-order valence-electron chi connectivity index (χ2n) is 2.16. The molecule has 2 heteroatoms. The summed E-state index contributed by atoms with van der Waals surface area (Å²) in [6, 6.07) is 0. The van der Waals surface area contributed by atoms with Crippen LogP contribution in [0.4, 0.5) is 0 Å². The Morgan fingerprint density at radius 1 is 1.62 bits per heavy atom. The van der Waals surface area contributed by atoms with E-state index in [0.717, 1.165) is 12.0 Å². The highest BCUT2D eigenvalue weighted by Gasteiger charge is 2.07. The van der Waals surface area contributed by atoms with Crippen LogP contribution in [0.25, 0.3) is 0 Å². The van der Waals surface area contributed by atoms with Crippen LogP contribution in [0.3, 0.4) is 0 Å². The maximum absolute atomic E-state index is 10.1. The van der Waals surface area contributed by atoms with Crippen LogP contribution in [-0.4, -0.2) is 12.0 Å². The van der Waals surface area contributed by atoms with Gasteiger partial charge in [0.15, 0.2) is 0 Å². The Morgan fingerprint density at radius 2 is 2.12 bits per heavy atom. The smallest absolute Gasteiger partial charge is 0.123 e. The summed E-state index contributed by atoms with van der Waals surface area (Å²) >= 11 is 4.05. The second kappa shape index (κ2) is 3.96. The number of hydrogen-bond acceptors (Lipinski definition) is 2. The number of carbonyl (C=O) groups excluding carboxylic acids is 1. The Labute approximate surface area is 55.9 Å². The average Bonchev–Trinajstić information content (AvgIpc) is 1.84. The zero-order chi connectivity index (χ0) is 6.57. The minimum absolute atomic E-state index is 0.160. The van der Waals surface area contributed by atoms with E-state index >= 15 is 0 Å². The zero-order valence-corrected chi connectivity index (χ0v) is 6.19. The van der Waals surface area contributed by atoms with Gasteiger partial charge in [0, 0.05) is 5.92 Å². The fourth-order valence-corrected chi connectivity index (χ4v) is 0.633. The Hall–Kier alpha value is 0.0200. The van der Waals surface area contributed by atoms with Gasteiger partial charge in [0.2, 0.25) is 0 Å². The van der Waals surface area contributed by atoms with Gasteiger partial charge in [-0.05, 0) is 11.7 Å². The van der Waals surface area contributed by atoms with Gasteiger partial charge in [0.05, 0.1) is 0 Å². The number of hydrogen-bond donors (Lipinski definition) is 1. The van der Waals surface area contributed by atoms with Gasteiger partial charge in [-0.15, -0.1) is 0 Å². The fourth-order valence-electron chi connectivity index (χ4n) is 0.300. The van der Waals surface area contributed by atoms with Gasteiger partial charge in [-0.1, -0.05) is 13.8 Å². The number of carbonyl (C=O) groups is 1. The molecule has 0 aliphatic carbocycles. The van der Waals surface area contributed by atoms with Crippen molar-refractivity contribution in [3.63, 3.8) is 0 Å². The third-order valence-corrected chi connectivity index (χ3v) is 1.98. The molecule has 1 nitrogen and oxygen atoms in total. The van der Waals surface area contributed by atoms with Gasteiger partial charge in [-0.3, -0.25) is 0 Å². The molecule has 0 saturated heterocycles. The molecule has 8 heavy (non-hydrogen) atoms. The minimum Gasteiger partial charge on any atom is -0.303 e. The van der Waals surface area contributed by atoms with Crippen LogP contribution in [0.15, 0.2) is 0 Å². The molecule has 0 heterocycles. The molecule has 2 unspecified atom stereocenters. The van der Waals surface area contributed by atoms with E-state index in [1.54, 1.807) is 0 Å². The molecule has 0 saturated carbocycles. The first-order chi connectivity index (χ1) is 3.72. The summed E-state index contributed by atoms with van der Waals surface area (Å²) in [4.78, 5) is 10.1. The molecule has 0 fully saturated rings. The number of rotatable bonds is 3. The lowest BCUT2D eigenvalue weighted by Gasteiger charge is -2.08. The number of thiol groups is 1.